The van der Waals surface area contributed by atoms with Crippen LogP contribution in [0.25, 0.3) is 0 Å². The van der Waals surface area contributed by atoms with Gasteiger partial charge in [-0.3, -0.25) is 14.9 Å². The Morgan fingerprint density at radius 3 is 2.52 bits per heavy atom. The van der Waals surface area contributed by atoms with Crippen molar-refractivity contribution in [2.24, 2.45) is 0 Å². The van der Waals surface area contributed by atoms with Gasteiger partial charge in [-0.1, -0.05) is 19.3 Å². The van der Waals surface area contributed by atoms with Crippen LogP contribution in [0, 0.1) is 10.1 Å². The third-order valence-corrected chi connectivity index (χ3v) is 4.89. The first kappa shape index (κ1) is 21.1. The molecule has 2 atom stereocenters. The van der Waals surface area contributed by atoms with Gasteiger partial charge in [-0.15, -0.1) is 0 Å². The first-order chi connectivity index (χ1) is 12.8. The number of ether oxygens (including phenoxy) is 1. The zero-order chi connectivity index (χ0) is 20.0. The molecule has 0 heterocycles. The van der Waals surface area contributed by atoms with Crippen LogP contribution in [0.3, 0.4) is 0 Å². The first-order valence-corrected chi connectivity index (χ1v) is 9.39. The average molecular weight is 380 g/mol. The zero-order valence-corrected chi connectivity index (χ0v) is 15.8. The maximum Gasteiger partial charge on any atom is 0.275 e. The maximum atomic E-state index is 12.5. The van der Waals surface area contributed by atoms with Crippen LogP contribution in [-0.2, 0) is 4.79 Å². The Balaban J connectivity index is 1.97. The van der Waals surface area contributed by atoms with Crippen molar-refractivity contribution in [1.29, 1.82) is 0 Å². The molecule has 1 amide bonds. The van der Waals surface area contributed by atoms with Gasteiger partial charge in [0.1, 0.15) is 12.0 Å². The Morgan fingerprint density at radius 1 is 1.30 bits per heavy atom. The molecule has 0 aromatic heterocycles. The molecule has 27 heavy (non-hydrogen) atoms. The van der Waals surface area contributed by atoms with E-state index in [4.69, 9.17) is 4.74 Å². The quantitative estimate of drug-likeness (QED) is 0.407. The normalized spacial score (nSPS) is 17.2. The van der Waals surface area contributed by atoms with E-state index in [2.05, 4.69) is 0 Å². The molecule has 0 bridgehead atoms. The van der Waals surface area contributed by atoms with E-state index in [9.17, 15) is 25.1 Å². The molecule has 2 rings (SSSR count). The highest BCUT2D eigenvalue weighted by atomic mass is 16.6. The third kappa shape index (κ3) is 5.64. The highest BCUT2D eigenvalue weighted by Gasteiger charge is 2.28. The molecular weight excluding hydrogens is 352 g/mol. The summed E-state index contributed by atoms with van der Waals surface area (Å²) in [5, 5.41) is 30.7. The lowest BCUT2D eigenvalue weighted by molar-refractivity contribution is -0.386. The number of nitro benzene ring substituents is 1. The van der Waals surface area contributed by atoms with Gasteiger partial charge in [-0.2, -0.15) is 0 Å². The molecule has 1 saturated carbocycles. The molecule has 0 radical (unpaired) electrons. The minimum atomic E-state index is -1.01. The Bertz CT molecular complexity index is 656. The second-order valence-electron chi connectivity index (χ2n) is 6.98. The van der Waals surface area contributed by atoms with Gasteiger partial charge in [-0.25, -0.2) is 0 Å². The van der Waals surface area contributed by atoms with Gasteiger partial charge in [0.15, 0.2) is 0 Å². The Kier molecular flexibility index (Phi) is 7.55. The second-order valence-corrected chi connectivity index (χ2v) is 6.98. The smallest absolute Gasteiger partial charge is 0.275 e. The Hall–Kier alpha value is -2.19. The molecule has 1 fully saturated rings. The SMILES string of the molecule is CC(O)c1cc(OCCC(=O)N(C(C)O)C2CCCCC2)ccc1[N+](=O)[O-]. The number of aliphatic hydroxyl groups is 2. The molecule has 1 aliphatic carbocycles. The lowest BCUT2D eigenvalue weighted by Gasteiger charge is -2.36. The summed E-state index contributed by atoms with van der Waals surface area (Å²) in [6.07, 6.45) is 3.32. The van der Waals surface area contributed by atoms with Crippen LogP contribution < -0.4 is 4.74 Å². The summed E-state index contributed by atoms with van der Waals surface area (Å²) in [6.45, 7) is 3.13. The molecule has 150 valence electrons. The molecule has 2 N–H and O–H groups in total. The topological polar surface area (TPSA) is 113 Å². The molecular formula is C19H28N2O6. The molecule has 1 aromatic carbocycles. The van der Waals surface area contributed by atoms with Crippen molar-refractivity contribution >= 4 is 11.6 Å². The van der Waals surface area contributed by atoms with Gasteiger partial charge in [-0.05, 0) is 38.8 Å². The number of benzene rings is 1. The number of rotatable bonds is 8. The molecule has 0 spiro atoms. The van der Waals surface area contributed by atoms with E-state index >= 15 is 0 Å². The minimum Gasteiger partial charge on any atom is -0.493 e. The van der Waals surface area contributed by atoms with Gasteiger partial charge in [0.25, 0.3) is 5.69 Å². The highest BCUT2D eigenvalue weighted by molar-refractivity contribution is 5.76. The fourth-order valence-corrected chi connectivity index (χ4v) is 3.58. The predicted molar refractivity (Wildman–Crippen MR) is 99.2 cm³/mol. The largest absolute Gasteiger partial charge is 0.493 e. The Labute approximate surface area is 158 Å². The number of nitro groups is 1. The van der Waals surface area contributed by atoms with Crippen LogP contribution in [0.2, 0.25) is 0 Å². The van der Waals surface area contributed by atoms with Crippen molar-refractivity contribution < 1.29 is 24.7 Å². The summed E-state index contributed by atoms with van der Waals surface area (Å²) in [5.74, 6) is 0.181. The summed E-state index contributed by atoms with van der Waals surface area (Å²) in [5.41, 5.74) is -0.0114. The molecule has 0 aliphatic heterocycles. The first-order valence-electron chi connectivity index (χ1n) is 9.39. The second kappa shape index (κ2) is 9.66. The summed E-state index contributed by atoms with van der Waals surface area (Å²) < 4.78 is 5.56. The van der Waals surface area contributed by atoms with Gasteiger partial charge in [0.05, 0.1) is 29.6 Å². The summed E-state index contributed by atoms with van der Waals surface area (Å²) in [6, 6.07) is 4.21. The molecule has 8 nitrogen and oxygen atoms in total. The number of amides is 1. The lowest BCUT2D eigenvalue weighted by atomic mass is 9.94. The van der Waals surface area contributed by atoms with Gasteiger partial charge in [0.2, 0.25) is 5.91 Å². The van der Waals surface area contributed by atoms with E-state index in [0.717, 1.165) is 32.1 Å². The van der Waals surface area contributed by atoms with Crippen molar-refractivity contribution in [3.05, 3.63) is 33.9 Å². The van der Waals surface area contributed by atoms with E-state index in [-0.39, 0.29) is 36.2 Å². The van der Waals surface area contributed by atoms with E-state index in [1.807, 2.05) is 0 Å². The fraction of sp³-hybridized carbons (Fsp3) is 0.632. The number of nitrogens with zero attached hydrogens (tertiary/aromatic N) is 2. The monoisotopic (exact) mass is 380 g/mol. The van der Waals surface area contributed by atoms with Crippen LogP contribution in [-0.4, -0.2) is 44.8 Å². The highest BCUT2D eigenvalue weighted by Crippen LogP contribution is 2.29. The number of hydrogen-bond donors (Lipinski definition) is 2. The summed E-state index contributed by atoms with van der Waals surface area (Å²) in [4.78, 5) is 24.5. The van der Waals surface area contributed by atoms with E-state index < -0.39 is 17.3 Å². The number of carbonyl (C=O) groups excluding carboxylic acids is 1. The predicted octanol–water partition coefficient (Wildman–Crippen LogP) is 2.92. The van der Waals surface area contributed by atoms with Crippen molar-refractivity contribution in [2.75, 3.05) is 6.61 Å². The zero-order valence-electron chi connectivity index (χ0n) is 15.8. The van der Waals surface area contributed by atoms with Gasteiger partial charge < -0.3 is 19.8 Å². The molecule has 2 unspecified atom stereocenters. The van der Waals surface area contributed by atoms with Gasteiger partial charge in [0, 0.05) is 12.1 Å². The van der Waals surface area contributed by atoms with Crippen LogP contribution in [0.4, 0.5) is 5.69 Å². The van der Waals surface area contributed by atoms with Crippen LogP contribution in [0.15, 0.2) is 18.2 Å². The van der Waals surface area contributed by atoms with E-state index in [1.165, 1.54) is 25.1 Å². The van der Waals surface area contributed by atoms with Crippen molar-refractivity contribution in [3.63, 3.8) is 0 Å². The fourth-order valence-electron chi connectivity index (χ4n) is 3.58. The summed E-state index contributed by atoms with van der Waals surface area (Å²) >= 11 is 0. The van der Waals surface area contributed by atoms with E-state index in [0.29, 0.717) is 5.75 Å². The van der Waals surface area contributed by atoms with Crippen LogP contribution in [0.1, 0.15) is 64.0 Å². The third-order valence-electron chi connectivity index (χ3n) is 4.89. The van der Waals surface area contributed by atoms with Crippen LogP contribution >= 0.6 is 0 Å². The molecule has 1 aromatic rings. The van der Waals surface area contributed by atoms with Gasteiger partial charge >= 0.3 is 0 Å². The molecule has 0 saturated heterocycles. The van der Waals surface area contributed by atoms with E-state index in [1.54, 1.807) is 11.8 Å². The minimum absolute atomic E-state index is 0.0625. The summed E-state index contributed by atoms with van der Waals surface area (Å²) in [7, 11) is 0. The lowest BCUT2D eigenvalue weighted by Crippen LogP contribution is -2.47. The molecule has 1 aliphatic rings. The number of hydrogen-bond acceptors (Lipinski definition) is 6. The van der Waals surface area contributed by atoms with Crippen molar-refractivity contribution in [3.8, 4) is 5.75 Å². The number of carbonyl (C=O) groups is 1. The van der Waals surface area contributed by atoms with Crippen molar-refractivity contribution in [2.45, 2.75) is 70.7 Å². The number of aliphatic hydroxyl groups excluding tert-OH is 2. The van der Waals surface area contributed by atoms with Crippen molar-refractivity contribution in [1.82, 2.24) is 4.90 Å². The maximum absolute atomic E-state index is 12.5. The Morgan fingerprint density at radius 2 is 1.96 bits per heavy atom. The standard InChI is InChI=1S/C19H28N2O6/c1-13(22)17-12-16(8-9-18(17)21(25)26)27-11-10-19(24)20(14(2)23)15-6-4-3-5-7-15/h8-9,12-15,22-23H,3-7,10-11H2,1-2H3. The molecule has 8 heteroatoms. The average Bonchev–Trinajstić information content (AvgIpc) is 2.62. The van der Waals surface area contributed by atoms with Crippen LogP contribution in [0.5, 0.6) is 5.75 Å².